The number of rotatable bonds is 3. The number of halogens is 1. The third-order valence-corrected chi connectivity index (χ3v) is 5.45. The number of aryl methyl sites for hydroxylation is 2. The van der Waals surface area contributed by atoms with Crippen LogP contribution in [-0.2, 0) is 17.6 Å². The molecule has 1 aromatic heterocycles. The number of aromatic hydroxyl groups is 1. The average Bonchev–Trinajstić information content (AvgIpc) is 3.06. The van der Waals surface area contributed by atoms with E-state index in [1.165, 1.54) is 7.11 Å². The minimum atomic E-state index is -0.452. The molecule has 0 atom stereocenters. The molecule has 0 saturated heterocycles. The number of furan rings is 1. The molecule has 1 aliphatic rings. The number of carbonyl (C=O) groups excluding carboxylic acids is 1. The van der Waals surface area contributed by atoms with Gasteiger partial charge in [0.2, 0.25) is 0 Å². The predicted molar refractivity (Wildman–Crippen MR) is 107 cm³/mol. The Labute approximate surface area is 164 Å². The summed E-state index contributed by atoms with van der Waals surface area (Å²) in [5, 5.41) is 11.5. The summed E-state index contributed by atoms with van der Waals surface area (Å²) in [6.45, 7) is 0. The van der Waals surface area contributed by atoms with Crippen molar-refractivity contribution in [2.24, 2.45) is 4.99 Å². The number of nitrogens with zero attached hydrogens (tertiary/aromatic N) is 1. The summed E-state index contributed by atoms with van der Waals surface area (Å²) < 4.78 is 11.4. The van der Waals surface area contributed by atoms with Crippen LogP contribution in [0.2, 0.25) is 0 Å². The largest absolute Gasteiger partial charge is 0.506 e. The zero-order chi connectivity index (χ0) is 19.0. The second-order valence-corrected chi connectivity index (χ2v) is 7.33. The van der Waals surface area contributed by atoms with E-state index in [-0.39, 0.29) is 5.75 Å². The Hall–Kier alpha value is -2.60. The van der Waals surface area contributed by atoms with E-state index >= 15 is 0 Å². The fourth-order valence-electron chi connectivity index (χ4n) is 3.54. The Balaban J connectivity index is 1.87. The van der Waals surface area contributed by atoms with Gasteiger partial charge < -0.3 is 14.3 Å². The molecule has 1 heterocycles. The number of benzene rings is 2. The van der Waals surface area contributed by atoms with E-state index < -0.39 is 5.97 Å². The zero-order valence-corrected chi connectivity index (χ0v) is 16.4. The maximum atomic E-state index is 12.0. The van der Waals surface area contributed by atoms with Crippen molar-refractivity contribution in [1.29, 1.82) is 0 Å². The highest BCUT2D eigenvalue weighted by molar-refractivity contribution is 9.10. The first-order chi connectivity index (χ1) is 13.1. The van der Waals surface area contributed by atoms with Crippen LogP contribution in [-0.4, -0.2) is 24.4 Å². The monoisotopic (exact) mass is 427 g/mol. The van der Waals surface area contributed by atoms with Crippen molar-refractivity contribution < 1.29 is 19.1 Å². The molecule has 4 rings (SSSR count). The number of ether oxygens (including phenoxy) is 1. The van der Waals surface area contributed by atoms with Gasteiger partial charge in [-0.1, -0.05) is 12.1 Å². The van der Waals surface area contributed by atoms with E-state index in [1.54, 1.807) is 36.5 Å². The molecule has 0 amide bonds. The number of fused-ring (bicyclic) bond motifs is 3. The summed E-state index contributed by atoms with van der Waals surface area (Å²) >= 11 is 3.39. The number of para-hydroxylation sites is 1. The van der Waals surface area contributed by atoms with Gasteiger partial charge in [-0.05, 0) is 53.4 Å². The summed E-state index contributed by atoms with van der Waals surface area (Å²) in [6.07, 6.45) is 5.62. The molecule has 0 unspecified atom stereocenters. The van der Waals surface area contributed by atoms with E-state index in [0.717, 1.165) is 48.0 Å². The lowest BCUT2D eigenvalue weighted by Gasteiger charge is -2.10. The molecule has 27 heavy (non-hydrogen) atoms. The van der Waals surface area contributed by atoms with Crippen LogP contribution in [0.15, 0.2) is 44.2 Å². The predicted octanol–water partition coefficient (Wildman–Crippen LogP) is 5.32. The first-order valence-electron chi connectivity index (χ1n) is 8.77. The van der Waals surface area contributed by atoms with Crippen molar-refractivity contribution in [1.82, 2.24) is 0 Å². The summed E-state index contributed by atoms with van der Waals surface area (Å²) in [5.74, 6) is 0.640. The number of hydrogen-bond donors (Lipinski definition) is 1. The van der Waals surface area contributed by atoms with Gasteiger partial charge in [0.1, 0.15) is 17.1 Å². The van der Waals surface area contributed by atoms with E-state index in [1.807, 2.05) is 0 Å². The molecule has 6 heteroatoms. The molecule has 5 nitrogen and oxygen atoms in total. The molecule has 0 bridgehead atoms. The van der Waals surface area contributed by atoms with Gasteiger partial charge in [0.25, 0.3) is 0 Å². The highest BCUT2D eigenvalue weighted by Gasteiger charge is 2.23. The van der Waals surface area contributed by atoms with Gasteiger partial charge in [0, 0.05) is 29.1 Å². The molecular formula is C21H18BrNO4. The van der Waals surface area contributed by atoms with Gasteiger partial charge in [-0.25, -0.2) is 4.79 Å². The highest BCUT2D eigenvalue weighted by Crippen LogP contribution is 2.40. The fourth-order valence-corrected chi connectivity index (χ4v) is 3.96. The Morgan fingerprint density at radius 1 is 1.30 bits per heavy atom. The molecule has 0 saturated carbocycles. The maximum absolute atomic E-state index is 12.0. The first kappa shape index (κ1) is 17.8. The van der Waals surface area contributed by atoms with Gasteiger partial charge in [0.05, 0.1) is 22.8 Å². The first-order valence-corrected chi connectivity index (χ1v) is 9.56. The van der Waals surface area contributed by atoms with Crippen molar-refractivity contribution in [3.05, 3.63) is 57.3 Å². The van der Waals surface area contributed by atoms with Crippen LogP contribution in [0.5, 0.6) is 5.75 Å². The van der Waals surface area contributed by atoms with Crippen LogP contribution in [0, 0.1) is 0 Å². The summed E-state index contributed by atoms with van der Waals surface area (Å²) in [7, 11) is 1.34. The van der Waals surface area contributed by atoms with E-state index in [4.69, 9.17) is 9.15 Å². The van der Waals surface area contributed by atoms with Crippen LogP contribution < -0.4 is 0 Å². The number of methoxy groups -OCH3 is 1. The minimum absolute atomic E-state index is 0.107. The van der Waals surface area contributed by atoms with Gasteiger partial charge >= 0.3 is 5.97 Å². The van der Waals surface area contributed by atoms with Crippen molar-refractivity contribution in [3.8, 4) is 5.75 Å². The maximum Gasteiger partial charge on any atom is 0.340 e. The molecule has 0 radical (unpaired) electrons. The second-order valence-electron chi connectivity index (χ2n) is 6.47. The Bertz CT molecular complexity index is 1070. The van der Waals surface area contributed by atoms with Crippen molar-refractivity contribution >= 4 is 44.8 Å². The highest BCUT2D eigenvalue weighted by atomic mass is 79.9. The van der Waals surface area contributed by atoms with Crippen LogP contribution in [0.3, 0.4) is 0 Å². The van der Waals surface area contributed by atoms with Gasteiger partial charge in [-0.15, -0.1) is 0 Å². The lowest BCUT2D eigenvalue weighted by Crippen LogP contribution is -2.01. The molecule has 0 fully saturated rings. The third-order valence-electron chi connectivity index (χ3n) is 4.85. The van der Waals surface area contributed by atoms with Crippen LogP contribution in [0.25, 0.3) is 11.0 Å². The Morgan fingerprint density at radius 2 is 2.07 bits per heavy atom. The number of esters is 1. The number of carbonyl (C=O) groups is 1. The van der Waals surface area contributed by atoms with Crippen LogP contribution >= 0.6 is 15.9 Å². The van der Waals surface area contributed by atoms with E-state index in [2.05, 4.69) is 20.9 Å². The van der Waals surface area contributed by atoms with Crippen molar-refractivity contribution in [2.75, 3.05) is 7.11 Å². The molecule has 0 aliphatic heterocycles. The molecule has 1 aliphatic carbocycles. The SMILES string of the molecule is COC(=O)c1ccccc1N=Cc1c(O)c(Br)cc2oc3c(c12)CCCC3. The molecule has 3 aromatic rings. The quantitative estimate of drug-likeness (QED) is 0.453. The topological polar surface area (TPSA) is 72.0 Å². The van der Waals surface area contributed by atoms with E-state index in [9.17, 15) is 9.90 Å². The third kappa shape index (κ3) is 3.14. The van der Waals surface area contributed by atoms with Gasteiger partial charge in [0.15, 0.2) is 0 Å². The molecule has 2 aromatic carbocycles. The zero-order valence-electron chi connectivity index (χ0n) is 14.8. The van der Waals surface area contributed by atoms with Gasteiger partial charge in [-0.2, -0.15) is 0 Å². The number of aliphatic imine (C=N–C) groups is 1. The molecule has 0 spiro atoms. The smallest absolute Gasteiger partial charge is 0.340 e. The van der Waals surface area contributed by atoms with Crippen LogP contribution in [0.4, 0.5) is 5.69 Å². The normalized spacial score (nSPS) is 13.9. The van der Waals surface area contributed by atoms with Crippen molar-refractivity contribution in [2.45, 2.75) is 25.7 Å². The average molecular weight is 428 g/mol. The summed E-state index contributed by atoms with van der Waals surface area (Å²) in [4.78, 5) is 16.4. The fraction of sp³-hybridized carbons (Fsp3) is 0.238. The number of hydrogen-bond acceptors (Lipinski definition) is 5. The lowest BCUT2D eigenvalue weighted by molar-refractivity contribution is 0.0601. The van der Waals surface area contributed by atoms with Crippen molar-refractivity contribution in [3.63, 3.8) is 0 Å². The van der Waals surface area contributed by atoms with E-state index in [0.29, 0.717) is 21.3 Å². The Morgan fingerprint density at radius 3 is 2.89 bits per heavy atom. The molecule has 138 valence electrons. The van der Waals surface area contributed by atoms with Gasteiger partial charge in [-0.3, -0.25) is 4.99 Å². The summed E-state index contributed by atoms with van der Waals surface area (Å²) in [6, 6.07) is 8.75. The molecular weight excluding hydrogens is 410 g/mol. The summed E-state index contributed by atoms with van der Waals surface area (Å²) in [5.41, 5.74) is 3.31. The number of phenolic OH excluding ortho intramolecular Hbond substituents is 1. The second kappa shape index (κ2) is 7.19. The Kier molecular flexibility index (Phi) is 4.74. The number of phenols is 1. The standard InChI is InChI=1S/C21H18BrNO4/c1-26-21(25)12-6-2-4-8-16(12)23-11-14-19-13-7-3-5-9-17(13)27-18(19)10-15(22)20(14)24/h2,4,6,8,10-11,24H,3,5,7,9H2,1H3. The van der Waals surface area contributed by atoms with Crippen LogP contribution in [0.1, 0.15) is 40.1 Å². The lowest BCUT2D eigenvalue weighted by atomic mass is 9.94. The molecule has 1 N–H and O–H groups in total. The minimum Gasteiger partial charge on any atom is -0.506 e.